The quantitative estimate of drug-likeness (QED) is 0.772. The van der Waals surface area contributed by atoms with Gasteiger partial charge in [-0.3, -0.25) is 10.1 Å². The molecule has 1 fully saturated rings. The Kier molecular flexibility index (Phi) is 3.20. The number of aryl methyl sites for hydroxylation is 2. The average Bonchev–Trinajstić information content (AvgIpc) is 2.42. The average molecular weight is 232 g/mol. The van der Waals surface area contributed by atoms with Crippen molar-refractivity contribution in [3.63, 3.8) is 0 Å². The number of nitrogens with one attached hydrogen (secondary N) is 2. The first-order valence-electron chi connectivity index (χ1n) is 6.15. The third kappa shape index (κ3) is 2.20. The van der Waals surface area contributed by atoms with E-state index in [1.165, 1.54) is 5.56 Å². The standard InChI is InChI=1S/C14H20N2O/c1-10-5-6-12(11(2)9-10)14(3)13(17)15-7-4-8-16-14/h5-6,9,16H,4,7-8H2,1-3H3,(H,15,17). The second kappa shape index (κ2) is 4.49. The van der Waals surface area contributed by atoms with Gasteiger partial charge >= 0.3 is 0 Å². The summed E-state index contributed by atoms with van der Waals surface area (Å²) in [6.07, 6.45) is 0.978. The van der Waals surface area contributed by atoms with Crippen molar-refractivity contribution >= 4 is 5.91 Å². The van der Waals surface area contributed by atoms with Gasteiger partial charge in [0.2, 0.25) is 5.91 Å². The highest BCUT2D eigenvalue weighted by molar-refractivity contribution is 5.88. The molecule has 92 valence electrons. The van der Waals surface area contributed by atoms with Gasteiger partial charge in [-0.05, 0) is 44.9 Å². The van der Waals surface area contributed by atoms with Gasteiger partial charge in [-0.15, -0.1) is 0 Å². The number of carbonyl (C=O) groups excluding carboxylic acids is 1. The Bertz CT molecular complexity index is 442. The molecule has 0 bridgehead atoms. The van der Waals surface area contributed by atoms with Crippen LogP contribution in [0.4, 0.5) is 0 Å². The van der Waals surface area contributed by atoms with Crippen LogP contribution in [-0.2, 0) is 10.3 Å². The molecule has 1 saturated heterocycles. The Morgan fingerprint density at radius 2 is 2.00 bits per heavy atom. The van der Waals surface area contributed by atoms with Gasteiger partial charge in [0.05, 0.1) is 0 Å². The summed E-state index contributed by atoms with van der Waals surface area (Å²) in [5.41, 5.74) is 2.86. The molecule has 17 heavy (non-hydrogen) atoms. The minimum absolute atomic E-state index is 0.0713. The van der Waals surface area contributed by atoms with Gasteiger partial charge in [0, 0.05) is 6.54 Å². The molecule has 0 aromatic heterocycles. The molecule has 2 N–H and O–H groups in total. The van der Waals surface area contributed by atoms with Crippen LogP contribution in [0.25, 0.3) is 0 Å². The first-order chi connectivity index (χ1) is 8.04. The predicted molar refractivity (Wildman–Crippen MR) is 68.9 cm³/mol. The highest BCUT2D eigenvalue weighted by Crippen LogP contribution is 2.26. The lowest BCUT2D eigenvalue weighted by Crippen LogP contribution is -2.50. The Labute approximate surface area is 103 Å². The van der Waals surface area contributed by atoms with E-state index in [1.54, 1.807) is 0 Å². The van der Waals surface area contributed by atoms with Crippen molar-refractivity contribution in [1.29, 1.82) is 0 Å². The number of hydrogen-bond acceptors (Lipinski definition) is 2. The highest BCUT2D eigenvalue weighted by atomic mass is 16.2. The molecular weight excluding hydrogens is 212 g/mol. The summed E-state index contributed by atoms with van der Waals surface area (Å²) >= 11 is 0. The summed E-state index contributed by atoms with van der Waals surface area (Å²) in [4.78, 5) is 12.2. The lowest BCUT2D eigenvalue weighted by molar-refractivity contribution is -0.126. The first-order valence-corrected chi connectivity index (χ1v) is 6.15. The third-order valence-electron chi connectivity index (χ3n) is 3.49. The molecule has 0 aliphatic carbocycles. The Morgan fingerprint density at radius 3 is 2.71 bits per heavy atom. The van der Waals surface area contributed by atoms with Crippen LogP contribution in [0.5, 0.6) is 0 Å². The van der Waals surface area contributed by atoms with Gasteiger partial charge in [-0.25, -0.2) is 0 Å². The van der Waals surface area contributed by atoms with Crippen molar-refractivity contribution in [2.45, 2.75) is 32.7 Å². The van der Waals surface area contributed by atoms with Crippen LogP contribution in [0, 0.1) is 13.8 Å². The van der Waals surface area contributed by atoms with Crippen molar-refractivity contribution in [2.24, 2.45) is 0 Å². The van der Waals surface area contributed by atoms with E-state index >= 15 is 0 Å². The van der Waals surface area contributed by atoms with E-state index in [9.17, 15) is 4.79 Å². The molecule has 1 atom stereocenters. The maximum atomic E-state index is 12.2. The van der Waals surface area contributed by atoms with Crippen LogP contribution in [0.3, 0.4) is 0 Å². The Hall–Kier alpha value is -1.35. The molecule has 1 amide bonds. The third-order valence-corrected chi connectivity index (χ3v) is 3.49. The molecule has 0 saturated carbocycles. The van der Waals surface area contributed by atoms with Crippen molar-refractivity contribution < 1.29 is 4.79 Å². The molecule has 1 heterocycles. The lowest BCUT2D eigenvalue weighted by Gasteiger charge is -2.29. The van der Waals surface area contributed by atoms with E-state index in [4.69, 9.17) is 0 Å². The second-order valence-corrected chi connectivity index (χ2v) is 4.98. The molecule has 3 heteroatoms. The second-order valence-electron chi connectivity index (χ2n) is 4.98. The zero-order chi connectivity index (χ0) is 12.5. The lowest BCUT2D eigenvalue weighted by atomic mass is 9.87. The zero-order valence-corrected chi connectivity index (χ0v) is 10.8. The van der Waals surface area contributed by atoms with E-state index in [1.807, 2.05) is 6.92 Å². The summed E-state index contributed by atoms with van der Waals surface area (Å²) in [7, 11) is 0. The van der Waals surface area contributed by atoms with E-state index in [0.717, 1.165) is 30.6 Å². The van der Waals surface area contributed by atoms with Crippen molar-refractivity contribution in [1.82, 2.24) is 10.6 Å². The molecule has 3 nitrogen and oxygen atoms in total. The molecule has 0 radical (unpaired) electrons. The fourth-order valence-electron chi connectivity index (χ4n) is 2.48. The Balaban J connectivity index is 2.44. The van der Waals surface area contributed by atoms with Gasteiger partial charge in [0.25, 0.3) is 0 Å². The van der Waals surface area contributed by atoms with E-state index in [-0.39, 0.29) is 5.91 Å². The van der Waals surface area contributed by atoms with Crippen molar-refractivity contribution in [3.8, 4) is 0 Å². The summed E-state index contributed by atoms with van der Waals surface area (Å²) < 4.78 is 0. The maximum Gasteiger partial charge on any atom is 0.244 e. The van der Waals surface area contributed by atoms with Crippen LogP contribution in [0.1, 0.15) is 30.0 Å². The van der Waals surface area contributed by atoms with Gasteiger partial charge < -0.3 is 5.32 Å². The van der Waals surface area contributed by atoms with Crippen LogP contribution in [0.15, 0.2) is 18.2 Å². The number of carbonyl (C=O) groups is 1. The number of benzene rings is 1. The summed E-state index contributed by atoms with van der Waals surface area (Å²) in [5.74, 6) is 0.0713. The molecule has 2 rings (SSSR count). The van der Waals surface area contributed by atoms with Crippen LogP contribution < -0.4 is 10.6 Å². The summed E-state index contributed by atoms with van der Waals surface area (Å²) in [5, 5.41) is 6.35. The molecule has 1 unspecified atom stereocenters. The molecule has 1 aromatic carbocycles. The first kappa shape index (κ1) is 12.1. The molecule has 1 aliphatic heterocycles. The number of rotatable bonds is 1. The highest BCUT2D eigenvalue weighted by Gasteiger charge is 2.36. The topological polar surface area (TPSA) is 41.1 Å². The summed E-state index contributed by atoms with van der Waals surface area (Å²) in [6, 6.07) is 6.25. The number of hydrogen-bond donors (Lipinski definition) is 2. The molecule has 1 aromatic rings. The minimum Gasteiger partial charge on any atom is -0.354 e. The van der Waals surface area contributed by atoms with Gasteiger partial charge in [-0.1, -0.05) is 23.8 Å². The van der Waals surface area contributed by atoms with Crippen molar-refractivity contribution in [3.05, 3.63) is 34.9 Å². The molecule has 0 spiro atoms. The number of amides is 1. The van der Waals surface area contributed by atoms with E-state index < -0.39 is 5.54 Å². The van der Waals surface area contributed by atoms with Gasteiger partial charge in [0.15, 0.2) is 0 Å². The maximum absolute atomic E-state index is 12.2. The van der Waals surface area contributed by atoms with Crippen LogP contribution in [0.2, 0.25) is 0 Å². The van der Waals surface area contributed by atoms with Crippen LogP contribution >= 0.6 is 0 Å². The zero-order valence-electron chi connectivity index (χ0n) is 10.8. The van der Waals surface area contributed by atoms with Crippen molar-refractivity contribution in [2.75, 3.05) is 13.1 Å². The van der Waals surface area contributed by atoms with Crippen LogP contribution in [-0.4, -0.2) is 19.0 Å². The normalized spacial score (nSPS) is 25.2. The van der Waals surface area contributed by atoms with Gasteiger partial charge in [0.1, 0.15) is 5.54 Å². The fourth-order valence-corrected chi connectivity index (χ4v) is 2.48. The van der Waals surface area contributed by atoms with Gasteiger partial charge in [-0.2, -0.15) is 0 Å². The SMILES string of the molecule is Cc1ccc(C2(C)NCCCNC2=O)c(C)c1. The fraction of sp³-hybridized carbons (Fsp3) is 0.500. The predicted octanol–water partition coefficient (Wildman–Crippen LogP) is 1.63. The van der Waals surface area contributed by atoms with E-state index in [2.05, 4.69) is 42.7 Å². The molecule has 1 aliphatic rings. The summed E-state index contributed by atoms with van der Waals surface area (Å²) in [6.45, 7) is 7.72. The Morgan fingerprint density at radius 1 is 1.24 bits per heavy atom. The van der Waals surface area contributed by atoms with E-state index in [0.29, 0.717) is 0 Å². The monoisotopic (exact) mass is 232 g/mol. The smallest absolute Gasteiger partial charge is 0.244 e. The molecular formula is C14H20N2O. The largest absolute Gasteiger partial charge is 0.354 e. The minimum atomic E-state index is -0.603.